The van der Waals surface area contributed by atoms with Gasteiger partial charge in [-0.25, -0.2) is 0 Å². The van der Waals surface area contributed by atoms with Crippen molar-refractivity contribution in [3.63, 3.8) is 0 Å². The van der Waals surface area contributed by atoms with Gasteiger partial charge in [0, 0.05) is 0 Å². The maximum absolute atomic E-state index is 9.69. The molecule has 0 saturated heterocycles. The third-order valence-corrected chi connectivity index (χ3v) is 6.90. The van der Waals surface area contributed by atoms with Crippen LogP contribution < -0.4 is 0 Å². The number of hydrogen-bond donors (Lipinski definition) is 1. The zero-order valence-electron chi connectivity index (χ0n) is 13.5. The van der Waals surface area contributed by atoms with Crippen molar-refractivity contribution < 1.29 is 4.80 Å². The summed E-state index contributed by atoms with van der Waals surface area (Å²) in [5.41, 5.74) is 0. The molecule has 0 radical (unpaired) electrons. The predicted octanol–water partition coefficient (Wildman–Crippen LogP) is 4.82. The first-order valence-electron chi connectivity index (χ1n) is 9.52. The second kappa shape index (κ2) is 10.00. The lowest BCUT2D eigenvalue weighted by atomic mass is 9.72. The molecule has 0 spiro atoms. The average Bonchev–Trinajstić information content (AvgIpc) is 2.36. The van der Waals surface area contributed by atoms with E-state index >= 15 is 0 Å². The Morgan fingerprint density at radius 2 is 1.00 bits per heavy atom. The SMILES string of the molecule is O[SiH2]CC(C1CCCCCCC1)C1CCCCCCC1. The highest BCUT2D eigenvalue weighted by molar-refractivity contribution is 6.25. The summed E-state index contributed by atoms with van der Waals surface area (Å²) < 4.78 is 0. The molecule has 2 aliphatic rings. The molecular formula is C18H36OSi. The molecule has 0 bridgehead atoms. The summed E-state index contributed by atoms with van der Waals surface area (Å²) in [5, 5.41) is 0. The Hall–Kier alpha value is 0.177. The molecule has 0 unspecified atom stereocenters. The van der Waals surface area contributed by atoms with E-state index in [0.717, 1.165) is 17.8 Å². The van der Waals surface area contributed by atoms with Gasteiger partial charge in [0.25, 0.3) is 0 Å². The monoisotopic (exact) mass is 296 g/mol. The molecule has 0 aromatic carbocycles. The molecule has 118 valence electrons. The van der Waals surface area contributed by atoms with E-state index in [9.17, 15) is 4.80 Å². The van der Waals surface area contributed by atoms with Crippen molar-refractivity contribution in [3.05, 3.63) is 0 Å². The van der Waals surface area contributed by atoms with Gasteiger partial charge in [-0.3, -0.25) is 0 Å². The molecule has 2 rings (SSSR count). The molecule has 1 nitrogen and oxygen atoms in total. The van der Waals surface area contributed by atoms with Crippen LogP contribution in [0, 0.1) is 17.8 Å². The zero-order chi connectivity index (χ0) is 14.0. The van der Waals surface area contributed by atoms with Crippen molar-refractivity contribution in [3.8, 4) is 0 Å². The van der Waals surface area contributed by atoms with E-state index in [1.54, 1.807) is 0 Å². The van der Waals surface area contributed by atoms with E-state index in [4.69, 9.17) is 0 Å². The van der Waals surface area contributed by atoms with Crippen LogP contribution >= 0.6 is 0 Å². The Morgan fingerprint density at radius 3 is 1.35 bits per heavy atom. The molecule has 0 heterocycles. The average molecular weight is 297 g/mol. The summed E-state index contributed by atoms with van der Waals surface area (Å²) in [6.07, 6.45) is 20.5. The molecule has 2 aliphatic carbocycles. The summed E-state index contributed by atoms with van der Waals surface area (Å²) >= 11 is 0. The smallest absolute Gasteiger partial charge is 0.157 e. The highest BCUT2D eigenvalue weighted by atomic mass is 28.2. The van der Waals surface area contributed by atoms with Crippen LogP contribution in [0.3, 0.4) is 0 Å². The van der Waals surface area contributed by atoms with E-state index in [-0.39, 0.29) is 0 Å². The zero-order valence-corrected chi connectivity index (χ0v) is 14.9. The minimum atomic E-state index is -0.763. The Balaban J connectivity index is 1.94. The minimum absolute atomic E-state index is 0.763. The van der Waals surface area contributed by atoms with Crippen LogP contribution in [0.2, 0.25) is 6.04 Å². The fourth-order valence-electron chi connectivity index (χ4n) is 4.84. The molecule has 0 atom stereocenters. The third-order valence-electron chi connectivity index (χ3n) is 5.97. The topological polar surface area (TPSA) is 20.2 Å². The number of rotatable bonds is 4. The van der Waals surface area contributed by atoms with Gasteiger partial charge in [0.1, 0.15) is 0 Å². The molecule has 2 heteroatoms. The van der Waals surface area contributed by atoms with Gasteiger partial charge in [0.2, 0.25) is 0 Å². The van der Waals surface area contributed by atoms with Gasteiger partial charge in [-0.05, 0) is 23.8 Å². The van der Waals surface area contributed by atoms with Gasteiger partial charge in [0.05, 0.1) is 0 Å². The quantitative estimate of drug-likeness (QED) is 0.738. The Morgan fingerprint density at radius 1 is 0.650 bits per heavy atom. The van der Waals surface area contributed by atoms with Crippen LogP contribution in [-0.4, -0.2) is 14.6 Å². The molecule has 1 N–H and O–H groups in total. The van der Waals surface area contributed by atoms with E-state index in [1.165, 1.54) is 95.9 Å². The normalized spacial score (nSPS) is 25.5. The van der Waals surface area contributed by atoms with Crippen LogP contribution in [-0.2, 0) is 0 Å². The van der Waals surface area contributed by atoms with Crippen LogP contribution in [0.4, 0.5) is 0 Å². The first-order valence-corrected chi connectivity index (χ1v) is 11.2. The predicted molar refractivity (Wildman–Crippen MR) is 90.7 cm³/mol. The van der Waals surface area contributed by atoms with Crippen LogP contribution in [0.25, 0.3) is 0 Å². The van der Waals surface area contributed by atoms with Gasteiger partial charge in [-0.2, -0.15) is 0 Å². The lowest BCUT2D eigenvalue weighted by Crippen LogP contribution is -2.26. The van der Waals surface area contributed by atoms with E-state index in [1.807, 2.05) is 0 Å². The summed E-state index contributed by atoms with van der Waals surface area (Å²) in [6, 6.07) is 1.22. The van der Waals surface area contributed by atoms with Gasteiger partial charge in [-0.15, -0.1) is 0 Å². The standard InChI is InChI=1S/C18H36OSi/c19-20-15-18(16-11-7-3-1-4-8-12-16)17-13-9-5-2-6-10-14-17/h16-19H,1-15,20H2. The first kappa shape index (κ1) is 16.5. The van der Waals surface area contributed by atoms with E-state index in [2.05, 4.69) is 0 Å². The molecule has 20 heavy (non-hydrogen) atoms. The summed E-state index contributed by atoms with van der Waals surface area (Å²) in [7, 11) is -0.763. The maximum atomic E-state index is 9.69. The van der Waals surface area contributed by atoms with Crippen molar-refractivity contribution in [1.29, 1.82) is 0 Å². The van der Waals surface area contributed by atoms with Gasteiger partial charge >= 0.3 is 0 Å². The minimum Gasteiger partial charge on any atom is -0.438 e. The van der Waals surface area contributed by atoms with Gasteiger partial charge < -0.3 is 4.80 Å². The fraction of sp³-hybridized carbons (Fsp3) is 1.00. The van der Waals surface area contributed by atoms with E-state index < -0.39 is 9.76 Å². The van der Waals surface area contributed by atoms with Crippen LogP contribution in [0.1, 0.15) is 89.9 Å². The van der Waals surface area contributed by atoms with Crippen molar-refractivity contribution in [1.82, 2.24) is 0 Å². The van der Waals surface area contributed by atoms with Gasteiger partial charge in [-0.1, -0.05) is 89.9 Å². The van der Waals surface area contributed by atoms with Crippen molar-refractivity contribution in [2.45, 2.75) is 95.9 Å². The van der Waals surface area contributed by atoms with Crippen LogP contribution in [0.5, 0.6) is 0 Å². The van der Waals surface area contributed by atoms with Gasteiger partial charge in [0.15, 0.2) is 9.76 Å². The Bertz CT molecular complexity index is 206. The highest BCUT2D eigenvalue weighted by Crippen LogP contribution is 2.39. The second-order valence-electron chi connectivity index (χ2n) is 7.39. The Kier molecular flexibility index (Phi) is 8.27. The lowest BCUT2D eigenvalue weighted by Gasteiger charge is -2.36. The maximum Gasteiger partial charge on any atom is 0.157 e. The Labute approximate surface area is 128 Å². The molecule has 2 fully saturated rings. The van der Waals surface area contributed by atoms with Crippen molar-refractivity contribution in [2.24, 2.45) is 17.8 Å². The molecular weight excluding hydrogens is 260 g/mol. The summed E-state index contributed by atoms with van der Waals surface area (Å²) in [4.78, 5) is 9.69. The first-order chi connectivity index (χ1) is 9.92. The lowest BCUT2D eigenvalue weighted by molar-refractivity contribution is 0.175. The van der Waals surface area contributed by atoms with Crippen molar-refractivity contribution >= 4 is 9.76 Å². The summed E-state index contributed by atoms with van der Waals surface area (Å²) in [6.45, 7) is 0. The van der Waals surface area contributed by atoms with E-state index in [0.29, 0.717) is 0 Å². The van der Waals surface area contributed by atoms with Crippen molar-refractivity contribution in [2.75, 3.05) is 0 Å². The molecule has 2 saturated carbocycles. The third kappa shape index (κ3) is 5.52. The molecule has 0 amide bonds. The molecule has 0 aromatic heterocycles. The van der Waals surface area contributed by atoms with Crippen LogP contribution in [0.15, 0.2) is 0 Å². The number of hydrogen-bond acceptors (Lipinski definition) is 1. The highest BCUT2D eigenvalue weighted by Gasteiger charge is 2.29. The second-order valence-corrected chi connectivity index (χ2v) is 8.41. The summed E-state index contributed by atoms with van der Waals surface area (Å²) in [5.74, 6) is 2.81. The fourth-order valence-corrected chi connectivity index (χ4v) is 6.08. The molecule has 0 aliphatic heterocycles. The largest absolute Gasteiger partial charge is 0.438 e. The molecule has 0 aromatic rings.